The van der Waals surface area contributed by atoms with E-state index in [1.165, 1.54) is 31.2 Å². The number of phenolic OH excluding ortho intramolecular Hbond substituents is 1. The van der Waals surface area contributed by atoms with Crippen LogP contribution in [-0.4, -0.2) is 36.4 Å². The van der Waals surface area contributed by atoms with Crippen LogP contribution in [0.4, 0.5) is 0 Å². The predicted molar refractivity (Wildman–Crippen MR) is 80.0 cm³/mol. The van der Waals surface area contributed by atoms with Crippen LogP contribution in [0.3, 0.4) is 0 Å². The van der Waals surface area contributed by atoms with E-state index in [4.69, 9.17) is 4.42 Å². The number of hydrogen-bond acceptors (Lipinski definition) is 6. The first kappa shape index (κ1) is 15.7. The summed E-state index contributed by atoms with van der Waals surface area (Å²) in [4.78, 5) is 35.2. The Kier molecular flexibility index (Phi) is 4.57. The van der Waals surface area contributed by atoms with Gasteiger partial charge in [-0.2, -0.15) is 0 Å². The van der Waals surface area contributed by atoms with Gasteiger partial charge in [0, 0.05) is 18.0 Å². The van der Waals surface area contributed by atoms with Crippen molar-refractivity contribution in [2.24, 2.45) is 0 Å². The minimum atomic E-state index is -0.806. The summed E-state index contributed by atoms with van der Waals surface area (Å²) in [6.45, 7) is 1.47. The van der Waals surface area contributed by atoms with E-state index in [2.05, 4.69) is 10.6 Å². The summed E-state index contributed by atoms with van der Waals surface area (Å²) < 4.78 is 5.02. The third kappa shape index (κ3) is 3.32. The lowest BCUT2D eigenvalue weighted by Crippen LogP contribution is -2.44. The van der Waals surface area contributed by atoms with E-state index < -0.39 is 17.6 Å². The SMILES string of the molecule is CNC(CNC(=O)c1cc2ccc(O)cc2oc1=O)C(C)=O. The normalized spacial score (nSPS) is 12.1. The highest BCUT2D eigenvalue weighted by atomic mass is 16.4. The van der Waals surface area contributed by atoms with Gasteiger partial charge in [0.2, 0.25) is 0 Å². The number of carbonyl (C=O) groups is 2. The van der Waals surface area contributed by atoms with Gasteiger partial charge in [-0.3, -0.25) is 9.59 Å². The molecule has 0 saturated heterocycles. The van der Waals surface area contributed by atoms with Crippen molar-refractivity contribution in [3.63, 3.8) is 0 Å². The summed E-state index contributed by atoms with van der Waals surface area (Å²) in [6, 6.07) is 5.13. The second kappa shape index (κ2) is 6.40. The van der Waals surface area contributed by atoms with E-state index in [1.54, 1.807) is 7.05 Å². The highest BCUT2D eigenvalue weighted by Crippen LogP contribution is 2.19. The number of fused-ring (bicyclic) bond motifs is 1. The Morgan fingerprint density at radius 3 is 2.68 bits per heavy atom. The van der Waals surface area contributed by atoms with Crippen molar-refractivity contribution in [3.05, 3.63) is 40.2 Å². The molecule has 0 aliphatic heterocycles. The number of phenols is 1. The van der Waals surface area contributed by atoms with Crippen LogP contribution in [0.2, 0.25) is 0 Å². The third-order valence-corrected chi connectivity index (χ3v) is 3.27. The highest BCUT2D eigenvalue weighted by molar-refractivity contribution is 5.97. The minimum Gasteiger partial charge on any atom is -0.508 e. The van der Waals surface area contributed by atoms with E-state index in [-0.39, 0.29) is 29.2 Å². The molecular weight excluding hydrogens is 288 g/mol. The average molecular weight is 304 g/mol. The Balaban J connectivity index is 2.24. The maximum atomic E-state index is 12.1. The number of aromatic hydroxyl groups is 1. The van der Waals surface area contributed by atoms with Crippen LogP contribution in [0.15, 0.2) is 33.5 Å². The number of rotatable bonds is 5. The summed E-state index contributed by atoms with van der Waals surface area (Å²) in [5.74, 6) is -0.778. The lowest BCUT2D eigenvalue weighted by molar-refractivity contribution is -0.118. The lowest BCUT2D eigenvalue weighted by Gasteiger charge is -2.13. The number of carbonyl (C=O) groups excluding carboxylic acids is 2. The van der Waals surface area contributed by atoms with Crippen molar-refractivity contribution in [2.75, 3.05) is 13.6 Å². The standard InChI is InChI=1S/C15H16N2O5/c1-8(18)12(16-2)7-17-14(20)11-5-9-3-4-10(19)6-13(9)22-15(11)21/h3-6,12,16,19H,7H2,1-2H3,(H,17,20). The zero-order valence-electron chi connectivity index (χ0n) is 12.2. The summed E-state index contributed by atoms with van der Waals surface area (Å²) in [7, 11) is 1.61. The van der Waals surface area contributed by atoms with Gasteiger partial charge in [0.25, 0.3) is 5.91 Å². The van der Waals surface area contributed by atoms with Crippen molar-refractivity contribution < 1.29 is 19.1 Å². The zero-order valence-corrected chi connectivity index (χ0v) is 12.2. The highest BCUT2D eigenvalue weighted by Gasteiger charge is 2.17. The Morgan fingerprint density at radius 2 is 2.05 bits per heavy atom. The fourth-order valence-electron chi connectivity index (χ4n) is 2.00. The molecule has 1 unspecified atom stereocenters. The first-order valence-electron chi connectivity index (χ1n) is 6.65. The van der Waals surface area contributed by atoms with Crippen LogP contribution in [0, 0.1) is 0 Å². The molecule has 2 aromatic rings. The van der Waals surface area contributed by atoms with Crippen LogP contribution < -0.4 is 16.3 Å². The Labute approximate surface area is 125 Å². The minimum absolute atomic E-state index is 0.0360. The number of Topliss-reactive ketones (excluding diaryl/α,β-unsaturated/α-hetero) is 1. The van der Waals surface area contributed by atoms with Crippen molar-refractivity contribution in [1.82, 2.24) is 10.6 Å². The number of ketones is 1. The van der Waals surface area contributed by atoms with Crippen molar-refractivity contribution in [2.45, 2.75) is 13.0 Å². The molecule has 0 aliphatic carbocycles. The lowest BCUT2D eigenvalue weighted by atomic mass is 10.1. The second-order valence-corrected chi connectivity index (χ2v) is 4.83. The molecule has 0 fully saturated rings. The smallest absolute Gasteiger partial charge is 0.349 e. The molecule has 1 heterocycles. The van der Waals surface area contributed by atoms with Gasteiger partial charge in [-0.25, -0.2) is 4.79 Å². The molecule has 1 atom stereocenters. The molecule has 0 saturated carbocycles. The monoisotopic (exact) mass is 304 g/mol. The fraction of sp³-hybridized carbons (Fsp3) is 0.267. The second-order valence-electron chi connectivity index (χ2n) is 4.83. The summed E-state index contributed by atoms with van der Waals surface area (Å²) >= 11 is 0. The van der Waals surface area contributed by atoms with Crippen molar-refractivity contribution in [3.8, 4) is 5.75 Å². The quantitative estimate of drug-likeness (QED) is 0.690. The largest absolute Gasteiger partial charge is 0.508 e. The topological polar surface area (TPSA) is 109 Å². The number of likely N-dealkylation sites (N-methyl/N-ethyl adjacent to an activating group) is 1. The van der Waals surface area contributed by atoms with E-state index >= 15 is 0 Å². The Hall–Kier alpha value is -2.67. The van der Waals surface area contributed by atoms with Crippen LogP contribution in [0.1, 0.15) is 17.3 Å². The van der Waals surface area contributed by atoms with Crippen LogP contribution >= 0.6 is 0 Å². The molecule has 1 aromatic heterocycles. The summed E-state index contributed by atoms with van der Waals surface area (Å²) in [5.41, 5.74) is -0.769. The molecular formula is C15H16N2O5. The third-order valence-electron chi connectivity index (χ3n) is 3.27. The molecule has 1 aromatic carbocycles. The number of hydrogen-bond donors (Lipinski definition) is 3. The van der Waals surface area contributed by atoms with Gasteiger partial charge in [0.1, 0.15) is 22.7 Å². The first-order chi connectivity index (χ1) is 10.4. The van der Waals surface area contributed by atoms with Crippen molar-refractivity contribution >= 4 is 22.7 Å². The molecule has 116 valence electrons. The number of nitrogens with one attached hydrogen (secondary N) is 2. The van der Waals surface area contributed by atoms with Gasteiger partial charge in [0.05, 0.1) is 6.04 Å². The van der Waals surface area contributed by atoms with Gasteiger partial charge in [-0.05, 0) is 32.2 Å². The number of benzene rings is 1. The molecule has 1 amide bonds. The fourth-order valence-corrected chi connectivity index (χ4v) is 2.00. The van der Waals surface area contributed by atoms with Crippen molar-refractivity contribution in [1.29, 1.82) is 0 Å². The Bertz CT molecular complexity index is 781. The molecule has 0 radical (unpaired) electrons. The van der Waals surface area contributed by atoms with E-state index in [1.807, 2.05) is 0 Å². The molecule has 7 nitrogen and oxygen atoms in total. The average Bonchev–Trinajstić information content (AvgIpc) is 2.46. The first-order valence-corrected chi connectivity index (χ1v) is 6.65. The van der Waals surface area contributed by atoms with Gasteiger partial charge in [0.15, 0.2) is 0 Å². The van der Waals surface area contributed by atoms with Crippen LogP contribution in [0.5, 0.6) is 5.75 Å². The zero-order chi connectivity index (χ0) is 16.3. The summed E-state index contributed by atoms with van der Waals surface area (Å²) in [5, 5.41) is 15.1. The molecule has 7 heteroatoms. The predicted octanol–water partition coefficient (Wildman–Crippen LogP) is 0.405. The molecule has 3 N–H and O–H groups in total. The van der Waals surface area contributed by atoms with E-state index in [0.29, 0.717) is 5.39 Å². The van der Waals surface area contributed by atoms with Gasteiger partial charge in [-0.15, -0.1) is 0 Å². The van der Waals surface area contributed by atoms with Crippen LogP contribution in [-0.2, 0) is 4.79 Å². The maximum Gasteiger partial charge on any atom is 0.349 e. The summed E-state index contributed by atoms with van der Waals surface area (Å²) in [6.07, 6.45) is 0. The molecule has 0 spiro atoms. The molecule has 2 rings (SSSR count). The molecule has 0 aliphatic rings. The molecule has 0 bridgehead atoms. The maximum absolute atomic E-state index is 12.1. The Morgan fingerprint density at radius 1 is 1.32 bits per heavy atom. The van der Waals surface area contributed by atoms with Crippen LogP contribution in [0.25, 0.3) is 11.0 Å². The van der Waals surface area contributed by atoms with Gasteiger partial charge in [-0.1, -0.05) is 0 Å². The number of amides is 1. The van der Waals surface area contributed by atoms with E-state index in [9.17, 15) is 19.5 Å². The van der Waals surface area contributed by atoms with E-state index in [0.717, 1.165) is 0 Å². The van der Waals surface area contributed by atoms with Gasteiger partial charge >= 0.3 is 5.63 Å². The molecule has 22 heavy (non-hydrogen) atoms. The van der Waals surface area contributed by atoms with Gasteiger partial charge < -0.3 is 20.2 Å².